The van der Waals surface area contributed by atoms with E-state index in [0.29, 0.717) is 16.9 Å². The van der Waals surface area contributed by atoms with E-state index in [1.807, 2.05) is 6.92 Å². The van der Waals surface area contributed by atoms with Crippen molar-refractivity contribution in [1.82, 2.24) is 5.43 Å². The van der Waals surface area contributed by atoms with Crippen molar-refractivity contribution in [3.8, 4) is 11.5 Å². The number of carbonyl (C=O) groups excluding carboxylic acids is 2. The number of hydrogen-bond acceptors (Lipinski definition) is 5. The standard InChI is InChI=1S/C23H19FN2O4/c1-15-9-10-20(21(11-15)29-2)22(27)26-25-14-16-5-3-8-19(12-16)30-23(28)17-6-4-7-18(24)13-17/h3-14H,1-2H3,(H,26,27)/b25-14-. The quantitative estimate of drug-likeness (QED) is 0.289. The SMILES string of the molecule is COc1cc(C)ccc1C(=O)N/N=C\c1cccc(OC(=O)c2cccc(F)c2)c1. The minimum absolute atomic E-state index is 0.105. The first-order valence-corrected chi connectivity index (χ1v) is 9.02. The van der Waals surface area contributed by atoms with E-state index in [4.69, 9.17) is 9.47 Å². The summed E-state index contributed by atoms with van der Waals surface area (Å²) in [6, 6.07) is 17.0. The minimum Gasteiger partial charge on any atom is -0.496 e. The summed E-state index contributed by atoms with van der Waals surface area (Å²) in [4.78, 5) is 24.4. The maximum absolute atomic E-state index is 13.3. The third kappa shape index (κ3) is 5.29. The number of aryl methyl sites for hydroxylation is 1. The van der Waals surface area contributed by atoms with Gasteiger partial charge in [0, 0.05) is 0 Å². The number of nitrogens with zero attached hydrogens (tertiary/aromatic N) is 1. The number of esters is 1. The number of nitrogens with one attached hydrogen (secondary N) is 1. The Hall–Kier alpha value is -4.00. The Morgan fingerprint density at radius 1 is 1.03 bits per heavy atom. The molecule has 0 unspecified atom stereocenters. The lowest BCUT2D eigenvalue weighted by molar-refractivity contribution is 0.0734. The summed E-state index contributed by atoms with van der Waals surface area (Å²) in [5, 5.41) is 3.94. The molecule has 3 rings (SSSR count). The van der Waals surface area contributed by atoms with Crippen LogP contribution in [0, 0.1) is 12.7 Å². The highest BCUT2D eigenvalue weighted by molar-refractivity contribution is 5.97. The molecule has 0 bridgehead atoms. The third-order valence-electron chi connectivity index (χ3n) is 4.11. The van der Waals surface area contributed by atoms with E-state index in [0.717, 1.165) is 11.6 Å². The molecule has 7 heteroatoms. The molecule has 1 amide bonds. The molecular weight excluding hydrogens is 387 g/mol. The van der Waals surface area contributed by atoms with E-state index in [-0.39, 0.29) is 11.3 Å². The molecule has 0 saturated heterocycles. The van der Waals surface area contributed by atoms with Crippen LogP contribution in [0.3, 0.4) is 0 Å². The average molecular weight is 406 g/mol. The summed E-state index contributed by atoms with van der Waals surface area (Å²) in [7, 11) is 1.49. The molecular formula is C23H19FN2O4. The van der Waals surface area contributed by atoms with Gasteiger partial charge in [-0.3, -0.25) is 4.79 Å². The number of benzene rings is 3. The largest absolute Gasteiger partial charge is 0.496 e. The first-order valence-electron chi connectivity index (χ1n) is 9.02. The normalized spacial score (nSPS) is 10.6. The summed E-state index contributed by atoms with van der Waals surface area (Å²) < 4.78 is 23.7. The topological polar surface area (TPSA) is 77.0 Å². The van der Waals surface area contributed by atoms with Gasteiger partial charge in [-0.05, 0) is 60.5 Å². The van der Waals surface area contributed by atoms with E-state index >= 15 is 0 Å². The predicted octanol–water partition coefficient (Wildman–Crippen LogP) is 4.13. The van der Waals surface area contributed by atoms with Crippen molar-refractivity contribution >= 4 is 18.1 Å². The fourth-order valence-electron chi connectivity index (χ4n) is 2.65. The molecule has 152 valence electrons. The number of ether oxygens (including phenoxy) is 2. The van der Waals surface area contributed by atoms with Crippen molar-refractivity contribution in [2.24, 2.45) is 5.10 Å². The number of hydrazone groups is 1. The number of methoxy groups -OCH3 is 1. The van der Waals surface area contributed by atoms with Crippen LogP contribution in [-0.2, 0) is 0 Å². The molecule has 0 heterocycles. The van der Waals surface area contributed by atoms with Crippen LogP contribution >= 0.6 is 0 Å². The zero-order valence-electron chi connectivity index (χ0n) is 16.4. The van der Waals surface area contributed by atoms with E-state index in [1.54, 1.807) is 42.5 Å². The highest BCUT2D eigenvalue weighted by Gasteiger charge is 2.12. The first-order chi connectivity index (χ1) is 14.5. The van der Waals surface area contributed by atoms with Gasteiger partial charge in [0.2, 0.25) is 0 Å². The zero-order chi connectivity index (χ0) is 21.5. The van der Waals surface area contributed by atoms with Gasteiger partial charge >= 0.3 is 5.97 Å². The van der Waals surface area contributed by atoms with Gasteiger partial charge < -0.3 is 9.47 Å². The van der Waals surface area contributed by atoms with Gasteiger partial charge in [-0.15, -0.1) is 0 Å². The van der Waals surface area contributed by atoms with Crippen molar-refractivity contribution < 1.29 is 23.5 Å². The van der Waals surface area contributed by atoms with Crippen LogP contribution in [0.4, 0.5) is 4.39 Å². The molecule has 6 nitrogen and oxygen atoms in total. The van der Waals surface area contributed by atoms with Gasteiger partial charge in [0.05, 0.1) is 24.5 Å². The second kappa shape index (κ2) is 9.47. The van der Waals surface area contributed by atoms with E-state index in [9.17, 15) is 14.0 Å². The molecule has 0 fully saturated rings. The molecule has 3 aromatic carbocycles. The van der Waals surface area contributed by atoms with Crippen molar-refractivity contribution in [2.75, 3.05) is 7.11 Å². The van der Waals surface area contributed by atoms with Crippen LogP contribution in [-0.4, -0.2) is 25.2 Å². The van der Waals surface area contributed by atoms with Crippen molar-refractivity contribution in [3.63, 3.8) is 0 Å². The predicted molar refractivity (Wildman–Crippen MR) is 111 cm³/mol. The van der Waals surface area contributed by atoms with E-state index < -0.39 is 17.7 Å². The van der Waals surface area contributed by atoms with Crippen LogP contribution in [0.2, 0.25) is 0 Å². The maximum Gasteiger partial charge on any atom is 0.343 e. The van der Waals surface area contributed by atoms with Crippen molar-refractivity contribution in [3.05, 3.63) is 94.8 Å². The van der Waals surface area contributed by atoms with Crippen LogP contribution < -0.4 is 14.9 Å². The second-order valence-electron chi connectivity index (χ2n) is 6.38. The van der Waals surface area contributed by atoms with E-state index in [2.05, 4.69) is 10.5 Å². The number of rotatable bonds is 6. The summed E-state index contributed by atoms with van der Waals surface area (Å²) in [5.74, 6) is -0.903. The molecule has 0 aliphatic carbocycles. The summed E-state index contributed by atoms with van der Waals surface area (Å²) in [5.41, 5.74) is 4.46. The van der Waals surface area contributed by atoms with Crippen molar-refractivity contribution in [2.45, 2.75) is 6.92 Å². The molecule has 0 saturated carbocycles. The first kappa shape index (κ1) is 20.7. The maximum atomic E-state index is 13.3. The van der Waals surface area contributed by atoms with Crippen LogP contribution in [0.15, 0.2) is 71.8 Å². The lowest BCUT2D eigenvalue weighted by atomic mass is 10.1. The zero-order valence-corrected chi connectivity index (χ0v) is 16.4. The molecule has 0 aromatic heterocycles. The van der Waals surface area contributed by atoms with Crippen LogP contribution in [0.1, 0.15) is 31.8 Å². The van der Waals surface area contributed by atoms with Gasteiger partial charge in [0.15, 0.2) is 0 Å². The summed E-state index contributed by atoms with van der Waals surface area (Å²) in [6.45, 7) is 1.90. The Morgan fingerprint density at radius 2 is 1.83 bits per heavy atom. The van der Waals surface area contributed by atoms with E-state index in [1.165, 1.54) is 31.5 Å². The minimum atomic E-state index is -0.677. The molecule has 0 aliphatic rings. The fraction of sp³-hybridized carbons (Fsp3) is 0.0870. The number of hydrogen-bond donors (Lipinski definition) is 1. The number of carbonyl (C=O) groups is 2. The Morgan fingerprint density at radius 3 is 2.60 bits per heavy atom. The monoisotopic (exact) mass is 406 g/mol. The molecule has 30 heavy (non-hydrogen) atoms. The van der Waals surface area contributed by atoms with Crippen LogP contribution in [0.25, 0.3) is 0 Å². The number of halogens is 1. The average Bonchev–Trinajstić information content (AvgIpc) is 2.73. The lowest BCUT2D eigenvalue weighted by Crippen LogP contribution is -2.18. The lowest BCUT2D eigenvalue weighted by Gasteiger charge is -2.08. The highest BCUT2D eigenvalue weighted by Crippen LogP contribution is 2.20. The Labute approximate surface area is 173 Å². The molecule has 0 radical (unpaired) electrons. The Balaban J connectivity index is 1.65. The molecule has 0 aliphatic heterocycles. The molecule has 1 N–H and O–H groups in total. The fourth-order valence-corrected chi connectivity index (χ4v) is 2.65. The highest BCUT2D eigenvalue weighted by atomic mass is 19.1. The Kier molecular flexibility index (Phi) is 6.54. The van der Waals surface area contributed by atoms with Crippen molar-refractivity contribution in [1.29, 1.82) is 0 Å². The third-order valence-corrected chi connectivity index (χ3v) is 4.11. The van der Waals surface area contributed by atoms with Gasteiger partial charge in [-0.2, -0.15) is 5.10 Å². The Bertz CT molecular complexity index is 1110. The molecule has 0 spiro atoms. The summed E-state index contributed by atoms with van der Waals surface area (Å²) >= 11 is 0. The van der Waals surface area contributed by atoms with Gasteiger partial charge in [0.25, 0.3) is 5.91 Å². The molecule has 3 aromatic rings. The van der Waals surface area contributed by atoms with Crippen LogP contribution in [0.5, 0.6) is 11.5 Å². The van der Waals surface area contributed by atoms with Gasteiger partial charge in [0.1, 0.15) is 17.3 Å². The number of amides is 1. The molecule has 0 atom stereocenters. The van der Waals surface area contributed by atoms with Gasteiger partial charge in [-0.25, -0.2) is 14.6 Å². The second-order valence-corrected chi connectivity index (χ2v) is 6.38. The smallest absolute Gasteiger partial charge is 0.343 e. The summed E-state index contributed by atoms with van der Waals surface area (Å²) in [6.07, 6.45) is 1.41. The van der Waals surface area contributed by atoms with Gasteiger partial charge in [-0.1, -0.05) is 24.3 Å².